The summed E-state index contributed by atoms with van der Waals surface area (Å²) in [4.78, 5) is 29.4. The van der Waals surface area contributed by atoms with Gasteiger partial charge in [0.25, 0.3) is 5.91 Å². The Morgan fingerprint density at radius 1 is 1.23 bits per heavy atom. The van der Waals surface area contributed by atoms with Crippen LogP contribution in [0.3, 0.4) is 0 Å². The number of nitrogens with zero attached hydrogens (tertiary/aromatic N) is 3. The van der Waals surface area contributed by atoms with Gasteiger partial charge >= 0.3 is 6.03 Å². The van der Waals surface area contributed by atoms with Crippen molar-refractivity contribution in [3.05, 3.63) is 35.9 Å². The molecule has 2 aliphatic heterocycles. The van der Waals surface area contributed by atoms with Gasteiger partial charge in [-0.2, -0.15) is 0 Å². The highest BCUT2D eigenvalue weighted by molar-refractivity contribution is 6.00. The summed E-state index contributed by atoms with van der Waals surface area (Å²) in [5, 5.41) is 6.80. The Morgan fingerprint density at radius 3 is 2.62 bits per heavy atom. The van der Waals surface area contributed by atoms with Gasteiger partial charge in [0.05, 0.1) is 6.67 Å². The van der Waals surface area contributed by atoms with Gasteiger partial charge in [-0.3, -0.25) is 19.9 Å². The lowest BCUT2D eigenvalue weighted by Crippen LogP contribution is -2.65. The van der Waals surface area contributed by atoms with E-state index in [0.717, 1.165) is 19.5 Å². The average Bonchev–Trinajstić information content (AvgIpc) is 3.03. The van der Waals surface area contributed by atoms with E-state index in [2.05, 4.69) is 46.7 Å². The van der Waals surface area contributed by atoms with E-state index in [9.17, 15) is 9.59 Å². The Balaban J connectivity index is 0.00000243. The number of benzene rings is 1. The van der Waals surface area contributed by atoms with Crippen molar-refractivity contribution in [1.82, 2.24) is 25.3 Å². The molecule has 0 saturated carbocycles. The number of halogens is 1. The largest absolute Gasteiger partial charge is 0.327 e. The van der Waals surface area contributed by atoms with Crippen molar-refractivity contribution >= 4 is 24.3 Å². The first-order chi connectivity index (χ1) is 12.0. The van der Waals surface area contributed by atoms with E-state index in [4.69, 9.17) is 0 Å². The van der Waals surface area contributed by atoms with Crippen molar-refractivity contribution in [2.24, 2.45) is 0 Å². The van der Waals surface area contributed by atoms with E-state index in [1.54, 1.807) is 19.0 Å². The number of urea groups is 1. The Morgan fingerprint density at radius 2 is 1.92 bits per heavy atom. The van der Waals surface area contributed by atoms with Crippen LogP contribution in [0.4, 0.5) is 4.79 Å². The zero-order valence-electron chi connectivity index (χ0n) is 15.5. The first-order valence-corrected chi connectivity index (χ1v) is 8.78. The van der Waals surface area contributed by atoms with Crippen molar-refractivity contribution in [1.29, 1.82) is 0 Å². The van der Waals surface area contributed by atoms with E-state index in [1.807, 2.05) is 6.07 Å². The van der Waals surface area contributed by atoms with E-state index in [0.29, 0.717) is 12.7 Å². The van der Waals surface area contributed by atoms with Gasteiger partial charge in [-0.1, -0.05) is 30.3 Å². The molecule has 3 rings (SSSR count). The van der Waals surface area contributed by atoms with Crippen LogP contribution >= 0.6 is 12.4 Å². The molecular formula is C18H28ClN5O2. The van der Waals surface area contributed by atoms with Crippen LogP contribution in [0.1, 0.15) is 12.5 Å². The van der Waals surface area contributed by atoms with Crippen molar-refractivity contribution in [2.45, 2.75) is 31.6 Å². The standard InChI is InChI=1S/C18H27N5O2.ClH/c1-13(11-14-7-5-4-6-8-14)19-9-10-23-12-20-16-15(23)17(24)22(3)18(25)21(16)2;/h4-8,13,15-16,19-20H,9-12H2,1-3H3;1H. The van der Waals surface area contributed by atoms with Crippen molar-refractivity contribution < 1.29 is 9.59 Å². The summed E-state index contributed by atoms with van der Waals surface area (Å²) < 4.78 is 0. The van der Waals surface area contributed by atoms with E-state index < -0.39 is 0 Å². The van der Waals surface area contributed by atoms with E-state index in [1.165, 1.54) is 10.5 Å². The van der Waals surface area contributed by atoms with Crippen LogP contribution < -0.4 is 10.6 Å². The second-order valence-electron chi connectivity index (χ2n) is 6.90. The number of amides is 3. The number of imide groups is 1. The highest BCUT2D eigenvalue weighted by Crippen LogP contribution is 2.22. The fourth-order valence-electron chi connectivity index (χ4n) is 3.62. The van der Waals surface area contributed by atoms with Gasteiger partial charge in [0, 0.05) is 33.2 Å². The highest BCUT2D eigenvalue weighted by atomic mass is 35.5. The summed E-state index contributed by atoms with van der Waals surface area (Å²) in [5.41, 5.74) is 1.31. The molecule has 3 atom stereocenters. The summed E-state index contributed by atoms with van der Waals surface area (Å²) in [7, 11) is 3.29. The van der Waals surface area contributed by atoms with E-state index >= 15 is 0 Å². The molecule has 0 spiro atoms. The van der Waals surface area contributed by atoms with Gasteiger partial charge in [0.15, 0.2) is 0 Å². The molecule has 2 heterocycles. The molecule has 2 fully saturated rings. The first kappa shape index (κ1) is 20.6. The molecule has 7 nitrogen and oxygen atoms in total. The summed E-state index contributed by atoms with van der Waals surface area (Å²) in [5.74, 6) is -0.129. The number of carbonyl (C=O) groups is 2. The second kappa shape index (κ2) is 8.81. The molecule has 3 amide bonds. The van der Waals surface area contributed by atoms with Gasteiger partial charge in [0.1, 0.15) is 12.2 Å². The van der Waals surface area contributed by atoms with Crippen LogP contribution in [0.15, 0.2) is 30.3 Å². The van der Waals surface area contributed by atoms with Gasteiger partial charge in [-0.25, -0.2) is 4.79 Å². The molecule has 0 bridgehead atoms. The summed E-state index contributed by atoms with van der Waals surface area (Å²) in [6, 6.07) is 10.2. The molecule has 144 valence electrons. The molecule has 26 heavy (non-hydrogen) atoms. The molecular weight excluding hydrogens is 354 g/mol. The van der Waals surface area contributed by atoms with Crippen LogP contribution in [0.5, 0.6) is 0 Å². The molecule has 2 N–H and O–H groups in total. The molecule has 0 aromatic heterocycles. The Kier molecular flexibility index (Phi) is 7.00. The number of hydrogen-bond donors (Lipinski definition) is 2. The first-order valence-electron chi connectivity index (χ1n) is 8.78. The van der Waals surface area contributed by atoms with Crippen LogP contribution in [-0.2, 0) is 11.2 Å². The number of fused-ring (bicyclic) bond motifs is 1. The van der Waals surface area contributed by atoms with Gasteiger partial charge in [0.2, 0.25) is 0 Å². The third kappa shape index (κ3) is 4.17. The molecule has 0 aliphatic carbocycles. The second-order valence-corrected chi connectivity index (χ2v) is 6.90. The predicted octanol–water partition coefficient (Wildman–Crippen LogP) is 0.710. The lowest BCUT2D eigenvalue weighted by Gasteiger charge is -2.39. The summed E-state index contributed by atoms with van der Waals surface area (Å²) in [6.07, 6.45) is 0.738. The minimum atomic E-state index is -0.307. The van der Waals surface area contributed by atoms with Crippen LogP contribution in [-0.4, -0.2) is 78.7 Å². The fraction of sp³-hybridized carbons (Fsp3) is 0.556. The zero-order valence-corrected chi connectivity index (χ0v) is 16.3. The van der Waals surface area contributed by atoms with Gasteiger partial charge in [-0.15, -0.1) is 12.4 Å². The quantitative estimate of drug-likeness (QED) is 0.759. The van der Waals surface area contributed by atoms with Crippen molar-refractivity contribution in [2.75, 3.05) is 33.9 Å². The lowest BCUT2D eigenvalue weighted by atomic mass is 10.1. The van der Waals surface area contributed by atoms with Gasteiger partial charge in [-0.05, 0) is 18.9 Å². The number of hydrogen-bond acceptors (Lipinski definition) is 5. The van der Waals surface area contributed by atoms with Crippen LogP contribution in [0, 0.1) is 0 Å². The smallest absolute Gasteiger partial charge is 0.313 e. The lowest BCUT2D eigenvalue weighted by molar-refractivity contribution is -0.136. The molecule has 1 aromatic carbocycles. The average molecular weight is 382 g/mol. The van der Waals surface area contributed by atoms with Crippen molar-refractivity contribution in [3.8, 4) is 0 Å². The maximum atomic E-state index is 12.5. The maximum absolute atomic E-state index is 12.5. The number of likely N-dealkylation sites (N-methyl/N-ethyl adjacent to an activating group) is 2. The Bertz CT molecular complexity index is 629. The Labute approximate surface area is 161 Å². The molecule has 2 aliphatic rings. The monoisotopic (exact) mass is 381 g/mol. The molecule has 8 heteroatoms. The summed E-state index contributed by atoms with van der Waals surface area (Å²) >= 11 is 0. The van der Waals surface area contributed by atoms with Crippen LogP contribution in [0.2, 0.25) is 0 Å². The Hall–Kier alpha value is -1.67. The number of nitrogens with one attached hydrogen (secondary N) is 2. The number of rotatable bonds is 6. The third-order valence-electron chi connectivity index (χ3n) is 5.06. The minimum Gasteiger partial charge on any atom is -0.313 e. The maximum Gasteiger partial charge on any atom is 0.327 e. The summed E-state index contributed by atoms with van der Waals surface area (Å²) in [6.45, 7) is 4.34. The van der Waals surface area contributed by atoms with Crippen molar-refractivity contribution in [3.63, 3.8) is 0 Å². The van der Waals surface area contributed by atoms with E-state index in [-0.39, 0.29) is 36.6 Å². The minimum absolute atomic E-state index is 0. The third-order valence-corrected chi connectivity index (χ3v) is 5.06. The normalized spacial score (nSPS) is 24.4. The predicted molar refractivity (Wildman–Crippen MR) is 103 cm³/mol. The molecule has 2 saturated heterocycles. The SMILES string of the molecule is CC(Cc1ccccc1)NCCN1CNC2C1C(=O)N(C)C(=O)N2C.Cl. The number of carbonyl (C=O) groups excluding carboxylic acids is 2. The zero-order chi connectivity index (χ0) is 18.0. The topological polar surface area (TPSA) is 67.9 Å². The molecule has 1 aromatic rings. The molecule has 3 unspecified atom stereocenters. The molecule has 0 radical (unpaired) electrons. The van der Waals surface area contributed by atoms with Gasteiger partial charge < -0.3 is 10.2 Å². The fourth-order valence-corrected chi connectivity index (χ4v) is 3.62. The van der Waals surface area contributed by atoms with Crippen LogP contribution in [0.25, 0.3) is 0 Å². The highest BCUT2D eigenvalue weighted by Gasteiger charge is 2.49.